The number of benzene rings is 2. The van der Waals surface area contributed by atoms with Crippen LogP contribution in [0.1, 0.15) is 31.0 Å². The zero-order valence-electron chi connectivity index (χ0n) is 19.4. The van der Waals surface area contributed by atoms with Gasteiger partial charge in [-0.3, -0.25) is 22.9 Å². The minimum atomic E-state index is -0.381. The molecule has 0 saturated heterocycles. The fraction of sp³-hybridized carbons (Fsp3) is 0.269. The van der Waals surface area contributed by atoms with Gasteiger partial charge in [-0.05, 0) is 31.9 Å². The van der Waals surface area contributed by atoms with Gasteiger partial charge in [0, 0.05) is 25.3 Å². The number of aromatic nitrogens is 5. The molecule has 0 aliphatic rings. The van der Waals surface area contributed by atoms with E-state index in [1.165, 1.54) is 17.2 Å². The van der Waals surface area contributed by atoms with Gasteiger partial charge in [0.2, 0.25) is 5.78 Å². The van der Waals surface area contributed by atoms with Gasteiger partial charge in [0.25, 0.3) is 5.56 Å². The quantitative estimate of drug-likeness (QED) is 0.414. The van der Waals surface area contributed by atoms with E-state index in [-0.39, 0.29) is 11.2 Å². The van der Waals surface area contributed by atoms with Gasteiger partial charge in [0.15, 0.2) is 11.2 Å². The normalized spacial score (nSPS) is 11.6. The summed E-state index contributed by atoms with van der Waals surface area (Å²) in [5, 5.41) is 0. The van der Waals surface area contributed by atoms with Crippen LogP contribution in [0.15, 0.2) is 64.2 Å². The molecule has 0 saturated carbocycles. The highest BCUT2D eigenvalue weighted by atomic mass is 16.2. The molecule has 7 heteroatoms. The van der Waals surface area contributed by atoms with E-state index in [9.17, 15) is 9.59 Å². The van der Waals surface area contributed by atoms with Gasteiger partial charge >= 0.3 is 5.69 Å². The Morgan fingerprint density at radius 1 is 0.909 bits per heavy atom. The van der Waals surface area contributed by atoms with E-state index < -0.39 is 0 Å². The van der Waals surface area contributed by atoms with Crippen LogP contribution in [0.25, 0.3) is 33.9 Å². The second-order valence-electron chi connectivity index (χ2n) is 8.56. The van der Waals surface area contributed by atoms with Gasteiger partial charge in [-0.1, -0.05) is 61.4 Å². The van der Waals surface area contributed by atoms with Crippen molar-refractivity contribution in [3.05, 3.63) is 86.7 Å². The Balaban J connectivity index is 2.03. The van der Waals surface area contributed by atoms with E-state index >= 15 is 0 Å². The first-order valence-electron chi connectivity index (χ1n) is 11.3. The fourth-order valence-electron chi connectivity index (χ4n) is 4.53. The first-order valence-corrected chi connectivity index (χ1v) is 11.3. The molecule has 5 aromatic rings. The van der Waals surface area contributed by atoms with Crippen molar-refractivity contribution in [2.45, 2.75) is 33.1 Å². The molecule has 168 valence electrons. The number of hydrogen-bond acceptors (Lipinski definition) is 3. The summed E-state index contributed by atoms with van der Waals surface area (Å²) in [7, 11) is 3.18. The summed E-state index contributed by atoms with van der Waals surface area (Å²) in [6, 6.07) is 18.5. The summed E-state index contributed by atoms with van der Waals surface area (Å²) in [6.07, 6.45) is 2.78. The molecule has 0 amide bonds. The molecule has 0 spiro atoms. The Labute approximate surface area is 191 Å². The zero-order valence-corrected chi connectivity index (χ0v) is 19.4. The lowest BCUT2D eigenvalue weighted by molar-refractivity contribution is 0.706. The summed E-state index contributed by atoms with van der Waals surface area (Å²) in [5.41, 5.74) is 5.35. The lowest BCUT2D eigenvalue weighted by Gasteiger charge is -2.12. The Kier molecular flexibility index (Phi) is 5.04. The minimum absolute atomic E-state index is 0.334. The maximum atomic E-state index is 13.3. The number of aryl methyl sites for hydroxylation is 3. The number of fused-ring (bicyclic) bond motifs is 3. The Hall–Kier alpha value is -3.87. The third-order valence-electron chi connectivity index (χ3n) is 6.31. The third kappa shape index (κ3) is 3.15. The van der Waals surface area contributed by atoms with E-state index in [4.69, 9.17) is 4.98 Å². The van der Waals surface area contributed by atoms with E-state index in [0.29, 0.717) is 16.9 Å². The van der Waals surface area contributed by atoms with Crippen molar-refractivity contribution in [1.82, 2.24) is 23.1 Å². The van der Waals surface area contributed by atoms with Gasteiger partial charge in [-0.15, -0.1) is 0 Å². The Morgan fingerprint density at radius 3 is 2.27 bits per heavy atom. The fourth-order valence-corrected chi connectivity index (χ4v) is 4.53. The first-order chi connectivity index (χ1) is 15.9. The Bertz CT molecular complexity index is 1600. The molecule has 0 radical (unpaired) electrons. The molecule has 2 aromatic carbocycles. The second-order valence-corrected chi connectivity index (χ2v) is 8.56. The first kappa shape index (κ1) is 21.0. The molecule has 0 atom stereocenters. The average molecular weight is 442 g/mol. The van der Waals surface area contributed by atoms with Crippen LogP contribution in [0.5, 0.6) is 0 Å². The number of rotatable bonds is 5. The van der Waals surface area contributed by atoms with Crippen LogP contribution in [0.2, 0.25) is 0 Å². The molecule has 0 aliphatic heterocycles. The maximum Gasteiger partial charge on any atom is 0.332 e. The summed E-state index contributed by atoms with van der Waals surface area (Å²) in [6.45, 7) is 4.22. The minimum Gasteiger partial charge on any atom is -0.279 e. The van der Waals surface area contributed by atoms with Crippen molar-refractivity contribution in [1.29, 1.82) is 0 Å². The lowest BCUT2D eigenvalue weighted by Crippen LogP contribution is -2.37. The highest BCUT2D eigenvalue weighted by molar-refractivity contribution is 5.81. The van der Waals surface area contributed by atoms with Gasteiger partial charge < -0.3 is 0 Å². The summed E-state index contributed by atoms with van der Waals surface area (Å²) < 4.78 is 6.69. The van der Waals surface area contributed by atoms with Gasteiger partial charge in [0.05, 0.1) is 11.4 Å². The molecule has 0 unspecified atom stereocenters. The summed E-state index contributed by atoms with van der Waals surface area (Å²) in [5.74, 6) is 0.636. The van der Waals surface area contributed by atoms with Crippen LogP contribution in [-0.4, -0.2) is 23.1 Å². The van der Waals surface area contributed by atoms with Crippen molar-refractivity contribution in [2.75, 3.05) is 0 Å². The number of imidazole rings is 2. The van der Waals surface area contributed by atoms with Gasteiger partial charge in [0.1, 0.15) is 0 Å². The standard InChI is InChI=1S/C26H27N5O2/c1-5-6-12-20-21(18-10-8-7-9-11-18)30(19-15-13-17(2)14-16-19)25-27-23-22(31(20)25)24(32)29(4)26(33)28(23)3/h7-11,13-16H,5-6,12H2,1-4H3. The molecule has 0 aliphatic carbocycles. The molecule has 5 rings (SSSR count). The molecular weight excluding hydrogens is 414 g/mol. The molecule has 33 heavy (non-hydrogen) atoms. The second kappa shape index (κ2) is 7.92. The van der Waals surface area contributed by atoms with Crippen LogP contribution in [0.4, 0.5) is 0 Å². The van der Waals surface area contributed by atoms with E-state index in [0.717, 1.165) is 46.5 Å². The van der Waals surface area contributed by atoms with E-state index in [1.54, 1.807) is 7.05 Å². The van der Waals surface area contributed by atoms with Crippen LogP contribution in [0.3, 0.4) is 0 Å². The zero-order chi connectivity index (χ0) is 23.3. The average Bonchev–Trinajstić information content (AvgIpc) is 3.36. The van der Waals surface area contributed by atoms with Crippen molar-refractivity contribution in [3.63, 3.8) is 0 Å². The highest BCUT2D eigenvalue weighted by Crippen LogP contribution is 2.34. The topological polar surface area (TPSA) is 66.2 Å². The molecule has 0 fully saturated rings. The Morgan fingerprint density at radius 2 is 1.61 bits per heavy atom. The summed E-state index contributed by atoms with van der Waals surface area (Å²) >= 11 is 0. The summed E-state index contributed by atoms with van der Waals surface area (Å²) in [4.78, 5) is 30.8. The van der Waals surface area contributed by atoms with Gasteiger partial charge in [-0.25, -0.2) is 4.79 Å². The SMILES string of the molecule is CCCCc1c(-c2ccccc2)n(-c2ccc(C)cc2)c2nc3c(c(=O)n(C)c(=O)n3C)n12. The van der Waals surface area contributed by atoms with Crippen molar-refractivity contribution >= 4 is 16.9 Å². The lowest BCUT2D eigenvalue weighted by atomic mass is 10.1. The third-order valence-corrected chi connectivity index (χ3v) is 6.31. The monoisotopic (exact) mass is 441 g/mol. The molecule has 0 N–H and O–H groups in total. The van der Waals surface area contributed by atoms with Crippen LogP contribution in [0, 0.1) is 6.92 Å². The predicted molar refractivity (Wildman–Crippen MR) is 131 cm³/mol. The van der Waals surface area contributed by atoms with Crippen LogP contribution >= 0.6 is 0 Å². The predicted octanol–water partition coefficient (Wildman–Crippen LogP) is 3.99. The van der Waals surface area contributed by atoms with E-state index in [1.807, 2.05) is 22.6 Å². The number of nitrogens with zero attached hydrogens (tertiary/aromatic N) is 5. The van der Waals surface area contributed by atoms with Gasteiger partial charge in [-0.2, -0.15) is 4.98 Å². The van der Waals surface area contributed by atoms with Crippen LogP contribution < -0.4 is 11.2 Å². The highest BCUT2D eigenvalue weighted by Gasteiger charge is 2.26. The molecule has 0 bridgehead atoms. The molecule has 3 heterocycles. The van der Waals surface area contributed by atoms with Crippen LogP contribution in [-0.2, 0) is 20.5 Å². The number of hydrogen-bond donors (Lipinski definition) is 0. The molecular formula is C26H27N5O2. The smallest absolute Gasteiger partial charge is 0.279 e. The maximum absolute atomic E-state index is 13.3. The van der Waals surface area contributed by atoms with Crippen molar-refractivity contribution in [2.24, 2.45) is 14.1 Å². The molecule has 7 nitrogen and oxygen atoms in total. The van der Waals surface area contributed by atoms with Crippen molar-refractivity contribution in [3.8, 4) is 16.9 Å². The molecule has 3 aromatic heterocycles. The van der Waals surface area contributed by atoms with Crippen molar-refractivity contribution < 1.29 is 0 Å². The van der Waals surface area contributed by atoms with E-state index in [2.05, 4.69) is 54.8 Å². The number of unbranched alkanes of at least 4 members (excludes halogenated alkanes) is 1. The largest absolute Gasteiger partial charge is 0.332 e.